The Balaban J connectivity index is 4.23. The molecule has 0 aromatic heterocycles. The lowest BCUT2D eigenvalue weighted by Crippen LogP contribution is -2.30. The maximum Gasteiger partial charge on any atom is 0.310 e. The summed E-state index contributed by atoms with van der Waals surface area (Å²) in [6, 6.07) is 0. The number of rotatable bonds is 60. The molecule has 0 amide bonds. The minimum atomic E-state index is -0.841. The van der Waals surface area contributed by atoms with Gasteiger partial charge in [-0.3, -0.25) is 14.4 Å². The van der Waals surface area contributed by atoms with Crippen LogP contribution in [0.15, 0.2) is 122 Å². The van der Waals surface area contributed by atoms with Gasteiger partial charge in [0.05, 0.1) is 6.42 Å². The molecule has 0 aromatic rings. The van der Waals surface area contributed by atoms with Crippen molar-refractivity contribution in [3.63, 3.8) is 0 Å². The van der Waals surface area contributed by atoms with Crippen molar-refractivity contribution in [3.05, 3.63) is 122 Å². The van der Waals surface area contributed by atoms with E-state index >= 15 is 0 Å². The van der Waals surface area contributed by atoms with Crippen LogP contribution in [0.25, 0.3) is 0 Å². The fourth-order valence-electron chi connectivity index (χ4n) is 9.19. The molecule has 456 valence electrons. The standard InChI is InChI=1S/C74H124O6/c1-4-7-10-13-16-19-22-25-28-29-30-31-32-33-34-35-36-37-38-39-40-41-42-43-44-45-47-49-52-55-58-61-64-67-73(76)79-70-71(69-78-72(75)66-63-60-57-54-51-48-27-24-21-18-15-12-9-6-3)80-74(77)68-65-62-59-56-53-50-46-26-23-20-17-14-11-8-5-2/h8,11,15,17-18,20,22,24-27,29-30,32-33,46,53,56,62,65,71H,4-7,9-10,12-14,16,19,21,23,28,31,34-45,47-52,54-55,57-61,63-64,66-70H2,1-3H3/b11-8-,18-15-,20-17-,25-22-,27-24-,30-29-,33-32-,46-26-,56-53-,65-62-. The molecule has 0 saturated heterocycles. The third kappa shape index (κ3) is 64.6. The van der Waals surface area contributed by atoms with E-state index < -0.39 is 12.1 Å². The van der Waals surface area contributed by atoms with Gasteiger partial charge in [-0.05, 0) is 109 Å². The van der Waals surface area contributed by atoms with Gasteiger partial charge in [-0.15, -0.1) is 0 Å². The van der Waals surface area contributed by atoms with Crippen molar-refractivity contribution in [3.8, 4) is 0 Å². The summed E-state index contributed by atoms with van der Waals surface area (Å²) >= 11 is 0. The van der Waals surface area contributed by atoms with Crippen molar-refractivity contribution in [1.82, 2.24) is 0 Å². The fourth-order valence-corrected chi connectivity index (χ4v) is 9.19. The van der Waals surface area contributed by atoms with Gasteiger partial charge in [0, 0.05) is 12.8 Å². The highest BCUT2D eigenvalue weighted by molar-refractivity contribution is 5.72. The molecule has 0 N–H and O–H groups in total. The average molecular weight is 1110 g/mol. The van der Waals surface area contributed by atoms with Crippen molar-refractivity contribution >= 4 is 17.9 Å². The molecule has 6 heteroatoms. The normalized spacial score (nSPS) is 12.9. The minimum Gasteiger partial charge on any atom is -0.462 e. The van der Waals surface area contributed by atoms with Crippen LogP contribution in [0.3, 0.4) is 0 Å². The van der Waals surface area contributed by atoms with Gasteiger partial charge in [-0.1, -0.05) is 303 Å². The first-order valence-corrected chi connectivity index (χ1v) is 33.5. The van der Waals surface area contributed by atoms with Crippen LogP contribution in [0.2, 0.25) is 0 Å². The Labute approximate surface area is 494 Å². The quantitative estimate of drug-likeness (QED) is 0.0261. The maximum absolute atomic E-state index is 12.8. The zero-order valence-electron chi connectivity index (χ0n) is 52.3. The average Bonchev–Trinajstić information content (AvgIpc) is 3.46. The third-order valence-electron chi connectivity index (χ3n) is 14.2. The molecular formula is C74H124O6. The lowest BCUT2D eigenvalue weighted by atomic mass is 10.0. The molecule has 0 heterocycles. The topological polar surface area (TPSA) is 78.9 Å². The van der Waals surface area contributed by atoms with Gasteiger partial charge in [0.25, 0.3) is 0 Å². The van der Waals surface area contributed by atoms with E-state index in [-0.39, 0.29) is 31.6 Å². The molecule has 1 unspecified atom stereocenters. The summed E-state index contributed by atoms with van der Waals surface area (Å²) in [4.78, 5) is 38.2. The largest absolute Gasteiger partial charge is 0.462 e. The molecule has 0 aliphatic heterocycles. The molecule has 0 spiro atoms. The van der Waals surface area contributed by atoms with E-state index in [4.69, 9.17) is 14.2 Å². The zero-order valence-corrected chi connectivity index (χ0v) is 52.3. The molecule has 0 aliphatic carbocycles. The van der Waals surface area contributed by atoms with E-state index in [0.717, 1.165) is 103 Å². The smallest absolute Gasteiger partial charge is 0.310 e. The van der Waals surface area contributed by atoms with Gasteiger partial charge in [0.2, 0.25) is 0 Å². The number of allylic oxidation sites excluding steroid dienone is 19. The van der Waals surface area contributed by atoms with Gasteiger partial charge >= 0.3 is 17.9 Å². The van der Waals surface area contributed by atoms with Crippen molar-refractivity contribution in [2.75, 3.05) is 13.2 Å². The van der Waals surface area contributed by atoms with Crippen molar-refractivity contribution in [2.45, 2.75) is 316 Å². The molecule has 0 bridgehead atoms. The molecular weight excluding hydrogens is 985 g/mol. The summed E-state index contributed by atoms with van der Waals surface area (Å²) in [7, 11) is 0. The first-order valence-electron chi connectivity index (χ1n) is 33.5. The number of esters is 3. The van der Waals surface area contributed by atoms with Crippen LogP contribution in [0, 0.1) is 0 Å². The lowest BCUT2D eigenvalue weighted by molar-refractivity contribution is -0.166. The number of hydrogen-bond acceptors (Lipinski definition) is 6. The first kappa shape index (κ1) is 75.8. The predicted molar refractivity (Wildman–Crippen MR) is 348 cm³/mol. The van der Waals surface area contributed by atoms with E-state index in [1.165, 1.54) is 161 Å². The molecule has 1 atom stereocenters. The minimum absolute atomic E-state index is 0.0917. The number of carbonyl (C=O) groups is 3. The van der Waals surface area contributed by atoms with E-state index in [9.17, 15) is 14.4 Å². The van der Waals surface area contributed by atoms with Crippen LogP contribution in [0.5, 0.6) is 0 Å². The second-order valence-corrected chi connectivity index (χ2v) is 22.0. The molecule has 0 radical (unpaired) electrons. The van der Waals surface area contributed by atoms with Crippen LogP contribution in [-0.4, -0.2) is 37.2 Å². The molecule has 0 fully saturated rings. The van der Waals surface area contributed by atoms with Gasteiger partial charge in [-0.2, -0.15) is 0 Å². The highest BCUT2D eigenvalue weighted by Crippen LogP contribution is 2.16. The van der Waals surface area contributed by atoms with Crippen LogP contribution >= 0.6 is 0 Å². The lowest BCUT2D eigenvalue weighted by Gasteiger charge is -2.18. The third-order valence-corrected chi connectivity index (χ3v) is 14.2. The maximum atomic E-state index is 12.8. The predicted octanol–water partition coefficient (Wildman–Crippen LogP) is 23.2. The molecule has 0 rings (SSSR count). The van der Waals surface area contributed by atoms with Crippen LogP contribution in [0.4, 0.5) is 0 Å². The first-order chi connectivity index (χ1) is 39.5. The van der Waals surface area contributed by atoms with Crippen molar-refractivity contribution in [2.24, 2.45) is 0 Å². The second-order valence-electron chi connectivity index (χ2n) is 22.0. The summed E-state index contributed by atoms with van der Waals surface area (Å²) in [5.74, 6) is -1.06. The van der Waals surface area contributed by atoms with Crippen LogP contribution < -0.4 is 0 Å². The Kier molecular flexibility index (Phi) is 63.8. The number of ether oxygens (including phenoxy) is 3. The van der Waals surface area contributed by atoms with E-state index in [0.29, 0.717) is 19.3 Å². The number of hydrogen-bond donors (Lipinski definition) is 0. The Hall–Kier alpha value is -4.19. The van der Waals surface area contributed by atoms with E-state index in [1.807, 2.05) is 6.08 Å². The van der Waals surface area contributed by atoms with Crippen molar-refractivity contribution in [1.29, 1.82) is 0 Å². The van der Waals surface area contributed by atoms with E-state index in [1.54, 1.807) is 6.08 Å². The number of unbranched alkanes of at least 4 members (excludes halogenated alkanes) is 30. The zero-order chi connectivity index (χ0) is 57.8. The highest BCUT2D eigenvalue weighted by Gasteiger charge is 2.19. The summed E-state index contributed by atoms with van der Waals surface area (Å²) in [5.41, 5.74) is 0. The Morgan fingerprint density at radius 1 is 0.275 bits per heavy atom. The molecule has 0 saturated carbocycles. The summed E-state index contributed by atoms with van der Waals surface area (Å²) in [6.45, 7) is 6.39. The Morgan fingerprint density at radius 2 is 0.537 bits per heavy atom. The molecule has 0 aromatic carbocycles. The summed E-state index contributed by atoms with van der Waals surface area (Å²) in [5, 5.41) is 0. The molecule has 80 heavy (non-hydrogen) atoms. The van der Waals surface area contributed by atoms with Crippen LogP contribution in [0.1, 0.15) is 310 Å². The van der Waals surface area contributed by atoms with Gasteiger partial charge in [0.15, 0.2) is 6.10 Å². The fraction of sp³-hybridized carbons (Fsp3) is 0.689. The van der Waals surface area contributed by atoms with Gasteiger partial charge in [-0.25, -0.2) is 0 Å². The summed E-state index contributed by atoms with van der Waals surface area (Å²) < 4.78 is 16.8. The molecule has 0 aliphatic rings. The van der Waals surface area contributed by atoms with Crippen molar-refractivity contribution < 1.29 is 28.6 Å². The molecule has 6 nitrogen and oxygen atoms in total. The van der Waals surface area contributed by atoms with Gasteiger partial charge in [0.1, 0.15) is 13.2 Å². The Bertz CT molecular complexity index is 1650. The second kappa shape index (κ2) is 67.3. The van der Waals surface area contributed by atoms with Gasteiger partial charge < -0.3 is 14.2 Å². The Morgan fingerprint density at radius 3 is 0.863 bits per heavy atom. The SMILES string of the molecule is CC/C=C\C/C=C\C/C=C\C/C=C\C/C=C\CC(=O)OC(COC(=O)CCCCCCC/C=C\C/C=C\CCCC)COC(=O)CCCCCCCCCCCCCCCCCCCC/C=C\C/C=C\C/C=C\CCCCCCC. The summed E-state index contributed by atoms with van der Waals surface area (Å²) in [6.07, 6.45) is 94.0. The monoisotopic (exact) mass is 1110 g/mol. The highest BCUT2D eigenvalue weighted by atomic mass is 16.6. The number of carbonyl (C=O) groups excluding carboxylic acids is 3. The van der Waals surface area contributed by atoms with E-state index in [2.05, 4.69) is 130 Å². The van der Waals surface area contributed by atoms with Crippen LogP contribution in [-0.2, 0) is 28.6 Å².